The fourth-order valence-corrected chi connectivity index (χ4v) is 10.4. The molecule has 3 aliphatic rings. The molecular weight excluding hydrogens is 236 g/mol. The SMILES string of the molecule is C1CCN([Si]2(N3CCCCC3)CCCCC2)CC1. The van der Waals surface area contributed by atoms with Crippen molar-refractivity contribution in [2.75, 3.05) is 26.2 Å². The van der Waals surface area contributed by atoms with Crippen molar-refractivity contribution < 1.29 is 0 Å². The van der Waals surface area contributed by atoms with Crippen molar-refractivity contribution >= 4 is 8.40 Å². The van der Waals surface area contributed by atoms with Crippen LogP contribution in [-0.4, -0.2) is 43.7 Å². The molecule has 0 aromatic heterocycles. The fourth-order valence-electron chi connectivity index (χ4n) is 4.57. The summed E-state index contributed by atoms with van der Waals surface area (Å²) in [5, 5.41) is 0. The van der Waals surface area contributed by atoms with Crippen molar-refractivity contribution in [1.29, 1.82) is 0 Å². The molecule has 0 aromatic carbocycles. The zero-order chi connectivity index (χ0) is 12.3. The van der Waals surface area contributed by atoms with Crippen molar-refractivity contribution in [1.82, 2.24) is 9.13 Å². The Bertz CT molecular complexity index is 231. The lowest BCUT2D eigenvalue weighted by Gasteiger charge is -2.53. The van der Waals surface area contributed by atoms with E-state index in [0.717, 1.165) is 0 Å². The van der Waals surface area contributed by atoms with Crippen molar-refractivity contribution in [2.45, 2.75) is 69.9 Å². The lowest BCUT2D eigenvalue weighted by molar-refractivity contribution is 0.250. The summed E-state index contributed by atoms with van der Waals surface area (Å²) < 4.78 is 6.06. The van der Waals surface area contributed by atoms with Crippen LogP contribution in [0.3, 0.4) is 0 Å². The molecule has 0 aliphatic carbocycles. The highest BCUT2D eigenvalue weighted by Gasteiger charge is 2.46. The predicted octanol–water partition coefficient (Wildman–Crippen LogP) is 3.58. The van der Waals surface area contributed by atoms with Gasteiger partial charge in [-0.15, -0.1) is 0 Å². The number of piperidine rings is 2. The van der Waals surface area contributed by atoms with Crippen LogP contribution in [0.1, 0.15) is 57.8 Å². The predicted molar refractivity (Wildman–Crippen MR) is 80.1 cm³/mol. The molecule has 3 fully saturated rings. The second kappa shape index (κ2) is 6.06. The van der Waals surface area contributed by atoms with Gasteiger partial charge >= 0.3 is 0 Å². The number of hydrogen-bond acceptors (Lipinski definition) is 2. The second-order valence-electron chi connectivity index (χ2n) is 6.64. The van der Waals surface area contributed by atoms with Gasteiger partial charge in [-0.1, -0.05) is 32.1 Å². The first-order valence-corrected chi connectivity index (χ1v) is 10.7. The third-order valence-electron chi connectivity index (χ3n) is 5.54. The first kappa shape index (κ1) is 13.1. The van der Waals surface area contributed by atoms with E-state index in [4.69, 9.17) is 0 Å². The number of nitrogens with zero attached hydrogens (tertiary/aromatic N) is 2. The van der Waals surface area contributed by atoms with Gasteiger partial charge in [-0.25, -0.2) is 0 Å². The maximum absolute atomic E-state index is 3.03. The molecular formula is C15H30N2Si. The largest absolute Gasteiger partial charge is 0.312 e. The van der Waals surface area contributed by atoms with Gasteiger partial charge < -0.3 is 9.13 Å². The van der Waals surface area contributed by atoms with E-state index in [-0.39, 0.29) is 0 Å². The third kappa shape index (κ3) is 2.54. The summed E-state index contributed by atoms with van der Waals surface area (Å²) in [7, 11) is -1.21. The monoisotopic (exact) mass is 266 g/mol. The summed E-state index contributed by atoms with van der Waals surface area (Å²) in [5.41, 5.74) is 0. The summed E-state index contributed by atoms with van der Waals surface area (Å²) in [4.78, 5) is 0. The maximum Gasteiger partial charge on any atom is 0.206 e. The van der Waals surface area contributed by atoms with Gasteiger partial charge in [-0.05, 0) is 64.0 Å². The van der Waals surface area contributed by atoms with Gasteiger partial charge in [0.2, 0.25) is 8.40 Å². The molecule has 0 atom stereocenters. The highest BCUT2D eigenvalue weighted by molar-refractivity contribution is 6.74. The van der Waals surface area contributed by atoms with Gasteiger partial charge in [-0.3, -0.25) is 0 Å². The van der Waals surface area contributed by atoms with Crippen LogP contribution in [0.25, 0.3) is 0 Å². The molecule has 2 nitrogen and oxygen atoms in total. The first-order valence-electron chi connectivity index (χ1n) is 8.42. The molecule has 0 bridgehead atoms. The molecule has 0 amide bonds. The van der Waals surface area contributed by atoms with Gasteiger partial charge in [0, 0.05) is 0 Å². The summed E-state index contributed by atoms with van der Waals surface area (Å²) in [6.45, 7) is 5.73. The van der Waals surface area contributed by atoms with E-state index in [0.29, 0.717) is 0 Å². The third-order valence-corrected chi connectivity index (χ3v) is 11.1. The lowest BCUT2D eigenvalue weighted by Crippen LogP contribution is -2.68. The van der Waals surface area contributed by atoms with Crippen LogP contribution < -0.4 is 0 Å². The molecule has 3 heterocycles. The number of rotatable bonds is 2. The van der Waals surface area contributed by atoms with E-state index in [2.05, 4.69) is 9.13 Å². The fraction of sp³-hybridized carbons (Fsp3) is 1.00. The van der Waals surface area contributed by atoms with E-state index < -0.39 is 8.40 Å². The van der Waals surface area contributed by atoms with Gasteiger partial charge in [0.1, 0.15) is 0 Å². The van der Waals surface area contributed by atoms with Crippen LogP contribution in [0.15, 0.2) is 0 Å². The molecule has 0 radical (unpaired) electrons. The quantitative estimate of drug-likeness (QED) is 0.705. The Morgan fingerprint density at radius 3 is 1.28 bits per heavy atom. The number of hydrogen-bond donors (Lipinski definition) is 0. The van der Waals surface area contributed by atoms with Gasteiger partial charge in [0.15, 0.2) is 0 Å². The normalized spacial score (nSPS) is 31.3. The van der Waals surface area contributed by atoms with Crippen LogP contribution in [0, 0.1) is 0 Å². The zero-order valence-electron chi connectivity index (χ0n) is 12.0. The standard InChI is InChI=1S/C15H30N2Si/c1-4-10-16(11-5-1)18(14-8-3-9-15-18)17-12-6-2-7-13-17/h1-15H2. The van der Waals surface area contributed by atoms with Gasteiger partial charge in [0.05, 0.1) is 0 Å². The molecule has 3 saturated heterocycles. The summed E-state index contributed by atoms with van der Waals surface area (Å²) in [5.74, 6) is 0. The van der Waals surface area contributed by atoms with Crippen LogP contribution in [0.2, 0.25) is 12.1 Å². The van der Waals surface area contributed by atoms with Crippen LogP contribution in [0.5, 0.6) is 0 Å². The van der Waals surface area contributed by atoms with E-state index in [1.807, 2.05) is 0 Å². The molecule has 3 aliphatic heterocycles. The molecule has 3 heteroatoms. The van der Waals surface area contributed by atoms with Crippen molar-refractivity contribution in [3.63, 3.8) is 0 Å². The Morgan fingerprint density at radius 1 is 0.444 bits per heavy atom. The van der Waals surface area contributed by atoms with Crippen LogP contribution >= 0.6 is 0 Å². The van der Waals surface area contributed by atoms with Crippen molar-refractivity contribution in [3.05, 3.63) is 0 Å². The average molecular weight is 267 g/mol. The van der Waals surface area contributed by atoms with Crippen LogP contribution in [-0.2, 0) is 0 Å². The second-order valence-corrected chi connectivity index (χ2v) is 10.9. The Labute approximate surface area is 114 Å². The smallest absolute Gasteiger partial charge is 0.206 e. The van der Waals surface area contributed by atoms with Gasteiger partial charge in [0.25, 0.3) is 0 Å². The van der Waals surface area contributed by atoms with E-state index in [1.54, 1.807) is 12.1 Å². The summed E-state index contributed by atoms with van der Waals surface area (Å²) >= 11 is 0. The molecule has 0 spiro atoms. The van der Waals surface area contributed by atoms with E-state index in [9.17, 15) is 0 Å². The Balaban J connectivity index is 1.77. The van der Waals surface area contributed by atoms with Crippen LogP contribution in [0.4, 0.5) is 0 Å². The maximum atomic E-state index is 3.03. The lowest BCUT2D eigenvalue weighted by atomic mass is 10.2. The summed E-state index contributed by atoms with van der Waals surface area (Å²) in [6.07, 6.45) is 13.4. The average Bonchev–Trinajstić information content (AvgIpc) is 2.50. The van der Waals surface area contributed by atoms with Gasteiger partial charge in [-0.2, -0.15) is 0 Å². The molecule has 0 aromatic rings. The zero-order valence-corrected chi connectivity index (χ0v) is 13.0. The highest BCUT2D eigenvalue weighted by Crippen LogP contribution is 2.37. The highest BCUT2D eigenvalue weighted by atomic mass is 28.3. The van der Waals surface area contributed by atoms with Crippen molar-refractivity contribution in [3.8, 4) is 0 Å². The minimum Gasteiger partial charge on any atom is -0.312 e. The molecule has 104 valence electrons. The molecule has 0 unspecified atom stereocenters. The van der Waals surface area contributed by atoms with E-state index in [1.165, 1.54) is 84.0 Å². The Morgan fingerprint density at radius 2 is 0.833 bits per heavy atom. The summed E-state index contributed by atoms with van der Waals surface area (Å²) in [6, 6.07) is 3.18. The first-order chi connectivity index (χ1) is 8.92. The van der Waals surface area contributed by atoms with E-state index >= 15 is 0 Å². The molecule has 18 heavy (non-hydrogen) atoms. The molecule has 0 N–H and O–H groups in total. The minimum absolute atomic E-state index is 1.21. The minimum atomic E-state index is -1.21. The van der Waals surface area contributed by atoms with Crippen molar-refractivity contribution in [2.24, 2.45) is 0 Å². The Kier molecular flexibility index (Phi) is 4.42. The topological polar surface area (TPSA) is 6.48 Å². The molecule has 3 rings (SSSR count). The Hall–Kier alpha value is 0.137. The molecule has 0 saturated carbocycles.